The average molecular weight is 281 g/mol. The van der Waals surface area contributed by atoms with Crippen molar-refractivity contribution in [1.82, 2.24) is 4.90 Å². The van der Waals surface area contributed by atoms with Crippen molar-refractivity contribution in [3.8, 4) is 0 Å². The Morgan fingerprint density at radius 2 is 1.38 bits per heavy atom. The van der Waals surface area contributed by atoms with Crippen molar-refractivity contribution in [3.05, 3.63) is 71.3 Å². The van der Waals surface area contributed by atoms with Gasteiger partial charge in [-0.25, -0.2) is 4.90 Å². The summed E-state index contributed by atoms with van der Waals surface area (Å²) in [5.74, 6) is -0.910. The summed E-state index contributed by atoms with van der Waals surface area (Å²) in [6, 6.07) is 15.4. The highest BCUT2D eigenvalue weighted by atomic mass is 16.3. The predicted molar refractivity (Wildman–Crippen MR) is 77.6 cm³/mol. The number of imide groups is 1. The summed E-state index contributed by atoms with van der Waals surface area (Å²) in [6.07, 6.45) is 0.225. The molecule has 4 heteroatoms. The maximum Gasteiger partial charge on any atom is 0.264 e. The van der Waals surface area contributed by atoms with Crippen molar-refractivity contribution in [2.24, 2.45) is 0 Å². The highest BCUT2D eigenvalue weighted by Gasteiger charge is 2.48. The molecule has 2 aromatic carbocycles. The lowest BCUT2D eigenvalue weighted by Gasteiger charge is -2.35. The minimum atomic E-state index is -1.63. The van der Waals surface area contributed by atoms with Gasteiger partial charge in [-0.15, -0.1) is 0 Å². The topological polar surface area (TPSA) is 57.6 Å². The van der Waals surface area contributed by atoms with Crippen molar-refractivity contribution in [3.63, 3.8) is 0 Å². The van der Waals surface area contributed by atoms with Crippen molar-refractivity contribution in [1.29, 1.82) is 0 Å². The summed E-state index contributed by atoms with van der Waals surface area (Å²) in [5, 5.41) is 11.0. The molecule has 106 valence electrons. The van der Waals surface area contributed by atoms with Gasteiger partial charge in [-0.3, -0.25) is 9.59 Å². The molecule has 2 aromatic rings. The number of aliphatic hydroxyl groups is 1. The Morgan fingerprint density at radius 3 is 1.86 bits per heavy atom. The molecule has 0 saturated heterocycles. The van der Waals surface area contributed by atoms with Gasteiger partial charge in [-0.05, 0) is 18.6 Å². The molecular weight excluding hydrogens is 266 g/mol. The molecule has 0 aliphatic carbocycles. The third kappa shape index (κ3) is 1.87. The first-order valence-corrected chi connectivity index (χ1v) is 6.85. The van der Waals surface area contributed by atoms with E-state index >= 15 is 0 Å². The number of nitrogens with zero attached hydrogens (tertiary/aromatic N) is 1. The Bertz CT molecular complexity index is 676. The molecule has 1 aliphatic rings. The second-order valence-corrected chi connectivity index (χ2v) is 5.03. The van der Waals surface area contributed by atoms with Gasteiger partial charge in [-0.1, -0.05) is 49.4 Å². The molecule has 1 heterocycles. The highest BCUT2D eigenvalue weighted by Crippen LogP contribution is 2.36. The van der Waals surface area contributed by atoms with Crippen LogP contribution in [0.25, 0.3) is 0 Å². The molecule has 0 saturated carbocycles. The molecule has 0 radical (unpaired) electrons. The smallest absolute Gasteiger partial charge is 0.264 e. The lowest BCUT2D eigenvalue weighted by atomic mass is 9.98. The van der Waals surface area contributed by atoms with Crippen LogP contribution in [-0.2, 0) is 5.72 Å². The third-order valence-electron chi connectivity index (χ3n) is 3.89. The second-order valence-electron chi connectivity index (χ2n) is 5.03. The van der Waals surface area contributed by atoms with Crippen LogP contribution in [0.15, 0.2) is 54.6 Å². The van der Waals surface area contributed by atoms with E-state index in [9.17, 15) is 14.7 Å². The molecule has 3 rings (SSSR count). The summed E-state index contributed by atoms with van der Waals surface area (Å²) in [6.45, 7) is 1.75. The van der Waals surface area contributed by atoms with Gasteiger partial charge in [0.1, 0.15) is 0 Å². The number of rotatable bonds is 3. The summed E-state index contributed by atoms with van der Waals surface area (Å²) >= 11 is 0. The van der Waals surface area contributed by atoms with Gasteiger partial charge >= 0.3 is 0 Å². The van der Waals surface area contributed by atoms with Crippen LogP contribution in [-0.4, -0.2) is 21.8 Å². The Hall–Kier alpha value is -2.46. The van der Waals surface area contributed by atoms with Gasteiger partial charge in [0.2, 0.25) is 0 Å². The molecule has 1 atom stereocenters. The first kappa shape index (κ1) is 13.5. The van der Waals surface area contributed by atoms with E-state index in [1.807, 2.05) is 6.07 Å². The molecule has 0 bridgehead atoms. The number of hydrogen-bond acceptors (Lipinski definition) is 3. The lowest BCUT2D eigenvalue weighted by Crippen LogP contribution is -2.49. The minimum Gasteiger partial charge on any atom is -0.366 e. The van der Waals surface area contributed by atoms with Crippen molar-refractivity contribution in [2.75, 3.05) is 0 Å². The number of carbonyl (C=O) groups excluding carboxylic acids is 2. The van der Waals surface area contributed by atoms with Crippen molar-refractivity contribution in [2.45, 2.75) is 19.1 Å². The van der Waals surface area contributed by atoms with E-state index in [2.05, 4.69) is 0 Å². The van der Waals surface area contributed by atoms with E-state index < -0.39 is 17.5 Å². The Kier molecular flexibility index (Phi) is 3.11. The summed E-state index contributed by atoms with van der Waals surface area (Å²) < 4.78 is 0. The SMILES string of the molecule is CC[C@](O)(c1ccccc1)N1C(=O)c2ccccc2C1=O. The predicted octanol–water partition coefficient (Wildman–Crippen LogP) is 2.54. The van der Waals surface area contributed by atoms with Crippen LogP contribution in [0.5, 0.6) is 0 Å². The quantitative estimate of drug-likeness (QED) is 0.880. The Labute approximate surface area is 122 Å². The zero-order chi connectivity index (χ0) is 15.0. The standard InChI is InChI=1S/C17H15NO3/c1-2-17(21,12-8-4-3-5-9-12)18-15(19)13-10-6-7-11-14(13)16(18)20/h3-11,21H,2H2,1H3/t17-/m0/s1. The first-order valence-electron chi connectivity index (χ1n) is 6.85. The maximum absolute atomic E-state index is 12.5. The molecule has 21 heavy (non-hydrogen) atoms. The normalized spacial score (nSPS) is 16.8. The van der Waals surface area contributed by atoms with Gasteiger partial charge in [0, 0.05) is 5.56 Å². The number of benzene rings is 2. The van der Waals surface area contributed by atoms with Gasteiger partial charge < -0.3 is 5.11 Å². The van der Waals surface area contributed by atoms with Crippen LogP contribution in [0, 0.1) is 0 Å². The zero-order valence-electron chi connectivity index (χ0n) is 11.6. The largest absolute Gasteiger partial charge is 0.366 e. The fraction of sp³-hybridized carbons (Fsp3) is 0.176. The van der Waals surface area contributed by atoms with Crippen LogP contribution in [0.2, 0.25) is 0 Å². The Balaban J connectivity index is 2.12. The van der Waals surface area contributed by atoms with Crippen LogP contribution >= 0.6 is 0 Å². The van der Waals surface area contributed by atoms with Crippen molar-refractivity contribution >= 4 is 11.8 Å². The van der Waals surface area contributed by atoms with E-state index in [0.29, 0.717) is 16.7 Å². The first-order chi connectivity index (χ1) is 10.1. The zero-order valence-corrected chi connectivity index (χ0v) is 11.6. The minimum absolute atomic E-state index is 0.225. The summed E-state index contributed by atoms with van der Waals surface area (Å²) in [5.41, 5.74) is -0.424. The van der Waals surface area contributed by atoms with Crippen LogP contribution in [0.3, 0.4) is 0 Å². The van der Waals surface area contributed by atoms with Crippen molar-refractivity contribution < 1.29 is 14.7 Å². The van der Waals surface area contributed by atoms with E-state index in [0.717, 1.165) is 4.90 Å². The number of hydrogen-bond donors (Lipinski definition) is 1. The molecule has 0 aromatic heterocycles. The summed E-state index contributed by atoms with van der Waals surface area (Å²) in [4.78, 5) is 26.0. The van der Waals surface area contributed by atoms with Gasteiger partial charge in [-0.2, -0.15) is 0 Å². The average Bonchev–Trinajstić information content (AvgIpc) is 2.80. The maximum atomic E-state index is 12.5. The number of carbonyl (C=O) groups is 2. The van der Waals surface area contributed by atoms with Crippen LogP contribution < -0.4 is 0 Å². The van der Waals surface area contributed by atoms with E-state index in [-0.39, 0.29) is 6.42 Å². The van der Waals surface area contributed by atoms with E-state index in [4.69, 9.17) is 0 Å². The molecule has 0 spiro atoms. The molecule has 1 N–H and O–H groups in total. The van der Waals surface area contributed by atoms with E-state index in [1.54, 1.807) is 55.5 Å². The molecule has 1 aliphatic heterocycles. The fourth-order valence-electron chi connectivity index (χ4n) is 2.72. The lowest BCUT2D eigenvalue weighted by molar-refractivity contribution is -0.0768. The van der Waals surface area contributed by atoms with Crippen LogP contribution in [0.4, 0.5) is 0 Å². The molecule has 4 nitrogen and oxygen atoms in total. The molecule has 2 amide bonds. The highest BCUT2D eigenvalue weighted by molar-refractivity contribution is 6.21. The third-order valence-corrected chi connectivity index (χ3v) is 3.89. The van der Waals surface area contributed by atoms with Gasteiger partial charge in [0.05, 0.1) is 11.1 Å². The van der Waals surface area contributed by atoms with Gasteiger partial charge in [0.15, 0.2) is 5.72 Å². The van der Waals surface area contributed by atoms with E-state index in [1.165, 1.54) is 0 Å². The molecule has 0 fully saturated rings. The fourth-order valence-corrected chi connectivity index (χ4v) is 2.72. The Morgan fingerprint density at radius 1 is 0.905 bits per heavy atom. The summed E-state index contributed by atoms with van der Waals surface area (Å²) in [7, 11) is 0. The number of amides is 2. The molecule has 0 unspecified atom stereocenters. The van der Waals surface area contributed by atoms with Crippen LogP contribution in [0.1, 0.15) is 39.6 Å². The van der Waals surface area contributed by atoms with Gasteiger partial charge in [0.25, 0.3) is 11.8 Å². The second kappa shape index (κ2) is 4.82. The number of fused-ring (bicyclic) bond motifs is 1. The monoisotopic (exact) mass is 281 g/mol. The molecular formula is C17H15NO3.